The first kappa shape index (κ1) is 46.0. The number of carbonyl (C=O) groups excluding carboxylic acids is 5. The highest BCUT2D eigenvalue weighted by molar-refractivity contribution is 9.09. The number of alkyl halides is 4. The molecular formula is C45H53BrF3N3O10S. The van der Waals surface area contributed by atoms with Gasteiger partial charge in [-0.1, -0.05) is 65.0 Å². The minimum absolute atomic E-state index is 0.000984. The van der Waals surface area contributed by atoms with Crippen LogP contribution in [0.3, 0.4) is 0 Å². The Morgan fingerprint density at radius 2 is 1.73 bits per heavy atom. The molecule has 0 aromatic heterocycles. The van der Waals surface area contributed by atoms with Crippen molar-refractivity contribution in [3.63, 3.8) is 0 Å². The average molecular weight is 965 g/mol. The number of halogens is 4. The normalized spacial score (nSPS) is 39.9. The van der Waals surface area contributed by atoms with E-state index in [-0.39, 0.29) is 61.0 Å². The van der Waals surface area contributed by atoms with E-state index in [1.807, 2.05) is 24.3 Å². The van der Waals surface area contributed by atoms with E-state index in [9.17, 15) is 38.3 Å². The summed E-state index contributed by atoms with van der Waals surface area (Å²) in [6.07, 6.45) is 1.92. The second kappa shape index (κ2) is 17.0. The van der Waals surface area contributed by atoms with Crippen LogP contribution in [0.2, 0.25) is 0 Å². The van der Waals surface area contributed by atoms with Crippen molar-refractivity contribution in [2.24, 2.45) is 34.0 Å². The van der Waals surface area contributed by atoms with Gasteiger partial charge in [-0.15, -0.1) is 0 Å². The molecule has 6 fully saturated rings. The van der Waals surface area contributed by atoms with Gasteiger partial charge in [0.1, 0.15) is 18.2 Å². The van der Waals surface area contributed by atoms with E-state index < -0.39 is 105 Å². The van der Waals surface area contributed by atoms with Crippen molar-refractivity contribution in [3.05, 3.63) is 59.2 Å². The highest BCUT2D eigenvalue weighted by Gasteiger charge is 2.80. The standard InChI is InChI=1S/C45H53BrF3N3O10S/c1-41-10-9-27(53)12-30(41)31(48)13-29-28-14-34-45(40(60)63-22-47,42(28,2)19-33(54)44(29,41)49)62-39(61-34)25-5-3-23(4-6-25)11-24-15-43(16-24)17-26(18-43)51-38(59)32(7-8-37(57)58)52-36(56)21-50-35(55)20-46/h3-6,9-10,12,24,26,28-29,31-34,39,54H,7-8,11,13-22H2,1-2H3,(H,50,55)(H,51,59)(H,52,56)(H,57,58)/t24?,26?,28-,29-,31-,32-,33-,34+,39+,41-,42-,43?,44-,45-/m0/s1. The van der Waals surface area contributed by atoms with Gasteiger partial charge in [0.2, 0.25) is 22.8 Å². The lowest BCUT2D eigenvalue weighted by molar-refractivity contribution is -0.232. The van der Waals surface area contributed by atoms with Crippen LogP contribution in [0, 0.1) is 34.0 Å². The molecule has 13 nitrogen and oxygen atoms in total. The van der Waals surface area contributed by atoms with Crippen molar-refractivity contribution < 1.29 is 61.6 Å². The number of hydrogen-bond acceptors (Lipinski definition) is 10. The number of aliphatic hydroxyl groups is 1. The van der Waals surface area contributed by atoms with E-state index in [1.54, 1.807) is 6.92 Å². The van der Waals surface area contributed by atoms with Gasteiger partial charge in [-0.2, -0.15) is 0 Å². The molecule has 5 saturated carbocycles. The fourth-order valence-corrected chi connectivity index (χ4v) is 13.7. The van der Waals surface area contributed by atoms with E-state index in [2.05, 4.69) is 31.9 Å². The third kappa shape index (κ3) is 7.70. The number of carboxylic acids is 1. The van der Waals surface area contributed by atoms with Crippen LogP contribution < -0.4 is 16.0 Å². The number of aliphatic carboxylic acids is 1. The minimum Gasteiger partial charge on any atom is -0.481 e. The first-order valence-corrected chi connectivity index (χ1v) is 23.7. The lowest BCUT2D eigenvalue weighted by Gasteiger charge is -2.63. The highest BCUT2D eigenvalue weighted by Crippen LogP contribution is 2.73. The number of allylic oxidation sites excluding steroid dienone is 4. The van der Waals surface area contributed by atoms with Crippen molar-refractivity contribution >= 4 is 62.3 Å². The van der Waals surface area contributed by atoms with Gasteiger partial charge in [0.25, 0.3) is 0 Å². The molecule has 342 valence electrons. The third-order valence-electron chi connectivity index (χ3n) is 15.6. The quantitative estimate of drug-likeness (QED) is 0.157. The van der Waals surface area contributed by atoms with Gasteiger partial charge in [-0.05, 0) is 105 Å². The molecule has 18 heteroatoms. The van der Waals surface area contributed by atoms with Crippen molar-refractivity contribution in [2.75, 3.05) is 17.9 Å². The Hall–Kier alpha value is -3.58. The summed E-state index contributed by atoms with van der Waals surface area (Å²) in [7, 11) is 0. The summed E-state index contributed by atoms with van der Waals surface area (Å²) < 4.78 is 60.8. The van der Waals surface area contributed by atoms with Crippen LogP contribution in [-0.2, 0) is 44.7 Å². The van der Waals surface area contributed by atoms with E-state index in [0.717, 1.165) is 43.7 Å². The van der Waals surface area contributed by atoms with E-state index >= 15 is 8.78 Å². The van der Waals surface area contributed by atoms with Gasteiger partial charge >= 0.3 is 5.97 Å². The maximum absolute atomic E-state index is 17.8. The summed E-state index contributed by atoms with van der Waals surface area (Å²) in [5.74, 6) is -4.33. The van der Waals surface area contributed by atoms with Crippen LogP contribution in [0.25, 0.3) is 0 Å². The molecule has 1 aliphatic heterocycles. The minimum atomic E-state index is -2.35. The first-order chi connectivity index (χ1) is 29.8. The van der Waals surface area contributed by atoms with E-state index in [4.69, 9.17) is 14.6 Å². The fourth-order valence-electron chi connectivity index (χ4n) is 12.8. The molecule has 6 aliphatic carbocycles. The number of carboxylic acid groups (broad SMARTS) is 1. The maximum atomic E-state index is 17.8. The number of ether oxygens (including phenoxy) is 2. The average Bonchev–Trinajstić information content (AvgIpc) is 3.72. The topological polar surface area (TPSA) is 197 Å². The Kier molecular flexibility index (Phi) is 12.4. The van der Waals surface area contributed by atoms with Gasteiger partial charge in [0.15, 0.2) is 23.3 Å². The summed E-state index contributed by atoms with van der Waals surface area (Å²) in [6.45, 7) is 2.91. The highest BCUT2D eigenvalue weighted by atomic mass is 79.9. The number of thioether (sulfide) groups is 1. The number of ketones is 1. The van der Waals surface area contributed by atoms with Crippen molar-refractivity contribution in [1.29, 1.82) is 0 Å². The monoisotopic (exact) mass is 963 g/mol. The van der Waals surface area contributed by atoms with E-state index in [1.165, 1.54) is 19.1 Å². The number of hydrogen-bond donors (Lipinski definition) is 5. The van der Waals surface area contributed by atoms with Gasteiger partial charge in [0, 0.05) is 34.8 Å². The van der Waals surface area contributed by atoms with Gasteiger partial charge < -0.3 is 35.6 Å². The van der Waals surface area contributed by atoms with E-state index in [0.29, 0.717) is 23.2 Å². The predicted octanol–water partition coefficient (Wildman–Crippen LogP) is 5.03. The summed E-state index contributed by atoms with van der Waals surface area (Å²) in [6, 6.07) is 5.48. The predicted molar refractivity (Wildman–Crippen MR) is 226 cm³/mol. The smallest absolute Gasteiger partial charge is 0.303 e. The SMILES string of the molecule is C[C@]12C=CC(=O)C=C1[C@@H](F)C[C@H]1[C@@H]3C[C@H]4O[C@@H](c5ccc(CC6CC7(C6)CC(NC(=O)[C@H](CCC(=O)O)NC(=O)CNC(=O)CBr)C7)cc5)O[C@@]4(C(=O)SCF)[C@@]3(C)C[C@H](O)[C@@]12F. The van der Waals surface area contributed by atoms with Crippen LogP contribution in [0.4, 0.5) is 13.2 Å². The Bertz CT molecular complexity index is 2120. The third-order valence-corrected chi connectivity index (χ3v) is 16.8. The van der Waals surface area contributed by atoms with Gasteiger partial charge in [0.05, 0.1) is 24.1 Å². The van der Waals surface area contributed by atoms with Crippen LogP contribution in [0.5, 0.6) is 0 Å². The molecule has 1 saturated heterocycles. The lowest BCUT2D eigenvalue weighted by atomic mass is 9.44. The van der Waals surface area contributed by atoms with Gasteiger partial charge in [-0.25, -0.2) is 13.2 Å². The van der Waals surface area contributed by atoms with Crippen LogP contribution >= 0.6 is 27.7 Å². The van der Waals surface area contributed by atoms with Crippen LogP contribution in [-0.4, -0.2) is 104 Å². The summed E-state index contributed by atoms with van der Waals surface area (Å²) in [5.41, 5.74) is -5.14. The molecule has 8 rings (SSSR count). The molecule has 63 heavy (non-hydrogen) atoms. The number of rotatable bonds is 14. The molecule has 1 heterocycles. The molecule has 1 spiro atoms. The zero-order valence-corrected chi connectivity index (χ0v) is 37.4. The van der Waals surface area contributed by atoms with Crippen molar-refractivity contribution in [3.8, 4) is 0 Å². The van der Waals surface area contributed by atoms with Crippen LogP contribution in [0.15, 0.2) is 48.1 Å². The molecule has 0 unspecified atom stereocenters. The second-order valence-electron chi connectivity index (χ2n) is 19.2. The Morgan fingerprint density at radius 3 is 2.40 bits per heavy atom. The number of fused-ring (bicyclic) bond motifs is 7. The first-order valence-electron chi connectivity index (χ1n) is 21.6. The Morgan fingerprint density at radius 1 is 1.02 bits per heavy atom. The molecule has 5 N–H and O–H groups in total. The van der Waals surface area contributed by atoms with Crippen LogP contribution in [0.1, 0.15) is 89.1 Å². The number of benzene rings is 1. The molecule has 0 radical (unpaired) electrons. The fraction of sp³-hybridized carbons (Fsp3) is 0.644. The maximum Gasteiger partial charge on any atom is 0.303 e. The molecular weight excluding hydrogens is 911 g/mol. The lowest BCUT2D eigenvalue weighted by Crippen LogP contribution is -2.70. The number of nitrogens with one attached hydrogen (secondary N) is 3. The molecule has 1 aromatic rings. The summed E-state index contributed by atoms with van der Waals surface area (Å²) in [4.78, 5) is 74.5. The largest absolute Gasteiger partial charge is 0.481 e. The molecule has 1 aromatic carbocycles. The second-order valence-corrected chi connectivity index (χ2v) is 20.7. The number of amides is 3. The molecule has 0 bridgehead atoms. The molecule has 11 atom stereocenters. The van der Waals surface area contributed by atoms with Gasteiger partial charge in [-0.3, -0.25) is 28.8 Å². The number of aliphatic hydroxyl groups excluding tert-OH is 1. The van der Waals surface area contributed by atoms with Crippen molar-refractivity contribution in [2.45, 2.75) is 126 Å². The summed E-state index contributed by atoms with van der Waals surface area (Å²) in [5, 5.41) is 28.3. The molecule has 3 amide bonds. The van der Waals surface area contributed by atoms with Crippen molar-refractivity contribution in [1.82, 2.24) is 16.0 Å². The zero-order chi connectivity index (χ0) is 45.3. The Labute approximate surface area is 375 Å². The zero-order valence-electron chi connectivity index (χ0n) is 35.0. The Balaban J connectivity index is 0.880. The molecule has 7 aliphatic rings. The summed E-state index contributed by atoms with van der Waals surface area (Å²) >= 11 is 3.44. The number of carbonyl (C=O) groups is 6.